The van der Waals surface area contributed by atoms with Crippen molar-refractivity contribution >= 4 is 73.8 Å². The quantitative estimate of drug-likeness (QED) is 0.0320. The van der Waals surface area contributed by atoms with Crippen molar-refractivity contribution < 1.29 is 27.6 Å². The first kappa shape index (κ1) is 43.9. The van der Waals surface area contributed by atoms with Crippen molar-refractivity contribution in [3.8, 4) is 0 Å². The van der Waals surface area contributed by atoms with Crippen LogP contribution in [-0.4, -0.2) is 48.5 Å². The third-order valence-electron chi connectivity index (χ3n) is 11.6. The van der Waals surface area contributed by atoms with Gasteiger partial charge in [-0.15, -0.1) is 4.33 Å². The van der Waals surface area contributed by atoms with E-state index in [2.05, 4.69) is 136 Å². The van der Waals surface area contributed by atoms with Crippen molar-refractivity contribution in [3.05, 3.63) is 165 Å². The lowest BCUT2D eigenvalue weighted by atomic mass is 9.83. The van der Waals surface area contributed by atoms with Crippen LogP contribution >= 0.6 is 35.2 Å². The minimum Gasteiger partial charge on any atom is -0.344 e. The van der Waals surface area contributed by atoms with Crippen LogP contribution in [0.3, 0.4) is 0 Å². The Morgan fingerprint density at radius 2 is 1.18 bits per heavy atom. The molecule has 7 rings (SSSR count). The molecule has 0 saturated heterocycles. The predicted molar refractivity (Wildman–Crippen MR) is 247 cm³/mol. The highest BCUT2D eigenvalue weighted by atomic mass is 35.5. The Hall–Kier alpha value is -4.17. The summed E-state index contributed by atoms with van der Waals surface area (Å²) >= 11 is 14.2. The summed E-state index contributed by atoms with van der Waals surface area (Å²) in [6, 6.07) is 32.7. The minimum absolute atomic E-state index is 0.257. The summed E-state index contributed by atoms with van der Waals surface area (Å²) in [5.74, 6) is 0.288. The number of allylic oxidation sites excluding steroid dienone is 8. The summed E-state index contributed by atoms with van der Waals surface area (Å²) in [6.45, 7) is 9.92. The second-order valence-corrected chi connectivity index (χ2v) is 19.4. The fraction of sp³-hybridized carbons (Fsp3) is 0.298. The number of hydrogen-bond donors (Lipinski definition) is 2. The van der Waals surface area contributed by atoms with Gasteiger partial charge in [0.15, 0.2) is 0 Å². The van der Waals surface area contributed by atoms with Gasteiger partial charge in [0.1, 0.15) is 0 Å². The number of halogens is 2. The van der Waals surface area contributed by atoms with Crippen LogP contribution < -0.4 is 14.4 Å². The van der Waals surface area contributed by atoms with Gasteiger partial charge in [-0.05, 0) is 85.4 Å². The standard InChI is InChI=1S/C47H49Cl2N3O6S2/c1-46(2)39-31-35(48)21-23-41(39)50(27-11-29-59-58-57-53)43(46)25-19-33-17-18-34(45(33)52(37-13-7-5-8-14-37)38-15-9-6-10-16-38)20-26-44-47(3,4)40-32-36(49)22-24-42(40)51(44)28-12-30-60(54,55)56/h5-10,13-16,19-26,31-32H,11-12,17-18,27-30H2,1-4H3,(H-,53,54,55,56)/p+1. The van der Waals surface area contributed by atoms with Crippen molar-refractivity contribution in [1.29, 1.82) is 0 Å². The van der Waals surface area contributed by atoms with Gasteiger partial charge in [0.05, 0.1) is 5.75 Å². The lowest BCUT2D eigenvalue weighted by Crippen LogP contribution is -2.28. The highest BCUT2D eigenvalue weighted by Crippen LogP contribution is 2.50. The van der Waals surface area contributed by atoms with Crippen LogP contribution in [0.2, 0.25) is 10.0 Å². The van der Waals surface area contributed by atoms with Gasteiger partial charge in [-0.3, -0.25) is 4.55 Å². The van der Waals surface area contributed by atoms with E-state index in [4.69, 9.17) is 28.5 Å². The SMILES string of the molecule is CC1(C)C(=CC=C2CC/C(=C\C=C3\N(CCCSOOO)c4ccc(Cl)cc4C3(C)C)C2=[N+](c2ccccc2)c2ccccc2)N(CCCS(=O)(=O)O)c2ccc(Cl)cc21. The van der Waals surface area contributed by atoms with E-state index in [1.807, 2.05) is 36.4 Å². The van der Waals surface area contributed by atoms with E-state index in [9.17, 15) is 13.0 Å². The van der Waals surface area contributed by atoms with Gasteiger partial charge in [-0.1, -0.05) is 104 Å². The molecule has 0 bridgehead atoms. The van der Waals surface area contributed by atoms with Crippen LogP contribution in [0.15, 0.2) is 144 Å². The van der Waals surface area contributed by atoms with E-state index in [0.717, 1.165) is 87.9 Å². The first-order valence-corrected chi connectivity index (χ1v) is 23.3. The number of rotatable bonds is 14. The van der Waals surface area contributed by atoms with Gasteiger partial charge in [-0.25, -0.2) is 5.26 Å². The number of nitrogens with zero attached hydrogens (tertiary/aromatic N) is 3. The number of para-hydroxylation sites is 2. The van der Waals surface area contributed by atoms with Gasteiger partial charge in [0.2, 0.25) is 17.1 Å². The third kappa shape index (κ3) is 9.34. The van der Waals surface area contributed by atoms with Crippen LogP contribution in [0.1, 0.15) is 64.5 Å². The lowest BCUT2D eigenvalue weighted by Gasteiger charge is -2.27. The molecule has 0 aromatic heterocycles. The van der Waals surface area contributed by atoms with Crippen molar-refractivity contribution in [2.45, 2.75) is 64.2 Å². The van der Waals surface area contributed by atoms with E-state index in [0.29, 0.717) is 28.9 Å². The molecule has 0 spiro atoms. The lowest BCUT2D eigenvalue weighted by molar-refractivity contribution is -0.432. The van der Waals surface area contributed by atoms with Crippen LogP contribution in [0.5, 0.6) is 0 Å². The minimum atomic E-state index is -4.12. The molecule has 2 aliphatic heterocycles. The highest BCUT2D eigenvalue weighted by molar-refractivity contribution is 7.94. The largest absolute Gasteiger partial charge is 0.344 e. The Labute approximate surface area is 367 Å². The molecule has 60 heavy (non-hydrogen) atoms. The smallest absolute Gasteiger partial charge is 0.264 e. The van der Waals surface area contributed by atoms with Gasteiger partial charge in [0, 0.05) is 110 Å². The zero-order valence-electron chi connectivity index (χ0n) is 34.1. The molecule has 1 saturated carbocycles. The summed E-state index contributed by atoms with van der Waals surface area (Å²) in [6.07, 6.45) is 11.6. The van der Waals surface area contributed by atoms with Crippen molar-refractivity contribution in [1.82, 2.24) is 4.58 Å². The number of fused-ring (bicyclic) bond motifs is 2. The molecule has 314 valence electrons. The molecule has 1 aliphatic carbocycles. The molecule has 0 radical (unpaired) electrons. The van der Waals surface area contributed by atoms with Crippen molar-refractivity contribution in [2.24, 2.45) is 0 Å². The third-order valence-corrected chi connectivity index (χ3v) is 13.5. The molecule has 4 aromatic carbocycles. The number of benzene rings is 4. The summed E-state index contributed by atoms with van der Waals surface area (Å²) in [7, 11) is -4.12. The first-order valence-electron chi connectivity index (χ1n) is 20.0. The summed E-state index contributed by atoms with van der Waals surface area (Å²) in [5, 5.41) is 13.8. The maximum atomic E-state index is 11.8. The van der Waals surface area contributed by atoms with Crippen LogP contribution in [0, 0.1) is 0 Å². The second kappa shape index (κ2) is 18.4. The van der Waals surface area contributed by atoms with Crippen LogP contribution in [-0.2, 0) is 30.3 Å². The summed E-state index contributed by atoms with van der Waals surface area (Å²) < 4.78 is 40.1. The molecule has 2 N–H and O–H groups in total. The van der Waals surface area contributed by atoms with E-state index < -0.39 is 15.5 Å². The van der Waals surface area contributed by atoms with Gasteiger partial charge < -0.3 is 9.80 Å². The maximum absolute atomic E-state index is 11.8. The maximum Gasteiger partial charge on any atom is 0.264 e. The average Bonchev–Trinajstić information content (AvgIpc) is 3.77. The highest BCUT2D eigenvalue weighted by Gasteiger charge is 2.42. The Morgan fingerprint density at radius 3 is 1.63 bits per heavy atom. The molecule has 0 atom stereocenters. The van der Waals surface area contributed by atoms with E-state index in [1.165, 1.54) is 5.57 Å². The van der Waals surface area contributed by atoms with E-state index >= 15 is 0 Å². The Kier molecular flexibility index (Phi) is 13.5. The fourth-order valence-electron chi connectivity index (χ4n) is 8.76. The van der Waals surface area contributed by atoms with Crippen LogP contribution in [0.4, 0.5) is 22.7 Å². The Balaban J connectivity index is 1.38. The average molecular weight is 888 g/mol. The zero-order valence-corrected chi connectivity index (χ0v) is 37.3. The van der Waals surface area contributed by atoms with Crippen molar-refractivity contribution in [3.63, 3.8) is 0 Å². The Morgan fingerprint density at radius 1 is 0.717 bits per heavy atom. The first-order chi connectivity index (χ1) is 28.7. The van der Waals surface area contributed by atoms with Crippen molar-refractivity contribution in [2.75, 3.05) is 34.4 Å². The molecular formula is C47H50Cl2N3O6S2+. The Bertz CT molecular complexity index is 2460. The second-order valence-electron chi connectivity index (χ2n) is 16.2. The van der Waals surface area contributed by atoms with Gasteiger partial charge >= 0.3 is 0 Å². The fourth-order valence-corrected chi connectivity index (χ4v) is 9.96. The zero-order chi connectivity index (χ0) is 42.7. The molecule has 13 heteroatoms. The molecule has 1 fully saturated rings. The summed E-state index contributed by atoms with van der Waals surface area (Å²) in [4.78, 5) is 4.52. The number of anilines is 2. The monoisotopic (exact) mass is 886 g/mol. The molecule has 9 nitrogen and oxygen atoms in total. The van der Waals surface area contributed by atoms with Crippen LogP contribution in [0.25, 0.3) is 0 Å². The molecular weight excluding hydrogens is 838 g/mol. The van der Waals surface area contributed by atoms with E-state index in [-0.39, 0.29) is 17.6 Å². The predicted octanol–water partition coefficient (Wildman–Crippen LogP) is 12.0. The molecule has 2 heterocycles. The summed E-state index contributed by atoms with van der Waals surface area (Å²) in [5.41, 5.74) is 11.2. The number of hydrogen-bond acceptors (Lipinski definition) is 8. The van der Waals surface area contributed by atoms with Gasteiger partial charge in [0.25, 0.3) is 10.1 Å². The molecule has 4 aromatic rings. The van der Waals surface area contributed by atoms with E-state index in [1.54, 1.807) is 0 Å². The molecule has 0 unspecified atom stereocenters. The normalized spacial score (nSPS) is 19.6. The topological polar surface area (TPSA) is 103 Å². The van der Waals surface area contributed by atoms with Gasteiger partial charge in [-0.2, -0.15) is 13.0 Å². The molecule has 0 amide bonds. The molecule has 3 aliphatic rings.